The number of ether oxygens (including phenoxy) is 3. The van der Waals surface area contributed by atoms with Crippen molar-refractivity contribution in [2.75, 3.05) is 31.7 Å². The van der Waals surface area contributed by atoms with Crippen molar-refractivity contribution in [1.29, 1.82) is 5.26 Å². The lowest BCUT2D eigenvalue weighted by Gasteiger charge is -2.29. The van der Waals surface area contributed by atoms with E-state index in [2.05, 4.69) is 30.0 Å². The first-order chi connectivity index (χ1) is 22.0. The number of nitrogens with one attached hydrogen (secondary N) is 2. The van der Waals surface area contributed by atoms with Crippen LogP contribution in [0.1, 0.15) is 62.1 Å². The fourth-order valence-electron chi connectivity index (χ4n) is 4.90. The third-order valence-corrected chi connectivity index (χ3v) is 9.98. The molecule has 4 rings (SSSR count). The van der Waals surface area contributed by atoms with E-state index in [1.807, 2.05) is 56.3 Å². The maximum Gasteiger partial charge on any atom is 0.307 e. The Morgan fingerprint density at radius 3 is 2.24 bits per heavy atom. The monoisotopic (exact) mass is 663 g/mol. The van der Waals surface area contributed by atoms with Gasteiger partial charge in [-0.1, -0.05) is 38.1 Å². The minimum absolute atomic E-state index is 0.0319. The van der Waals surface area contributed by atoms with Gasteiger partial charge in [0.2, 0.25) is 10.0 Å². The first-order valence-corrected chi connectivity index (χ1v) is 17.1. The second-order valence-corrected chi connectivity index (χ2v) is 13.8. The van der Waals surface area contributed by atoms with Gasteiger partial charge in [-0.05, 0) is 73.9 Å². The predicted octanol–water partition coefficient (Wildman–Crippen LogP) is 6.05. The molecule has 0 fully saturated rings. The van der Waals surface area contributed by atoms with Crippen LogP contribution in [0.15, 0.2) is 65.1 Å². The fraction of sp³-hybridized carbons (Fsp3) is 0.324. The van der Waals surface area contributed by atoms with E-state index in [-0.39, 0.29) is 23.3 Å². The van der Waals surface area contributed by atoms with E-state index in [1.165, 1.54) is 23.5 Å². The van der Waals surface area contributed by atoms with Crippen LogP contribution in [0, 0.1) is 11.3 Å². The summed E-state index contributed by atoms with van der Waals surface area (Å²) >= 11 is 1.33. The third-order valence-electron chi connectivity index (χ3n) is 7.01. The van der Waals surface area contributed by atoms with Crippen LogP contribution in [0.2, 0.25) is 0 Å². The van der Waals surface area contributed by atoms with Gasteiger partial charge in [-0.3, -0.25) is 9.59 Å². The van der Waals surface area contributed by atoms with Gasteiger partial charge in [0.1, 0.15) is 22.6 Å². The van der Waals surface area contributed by atoms with Crippen LogP contribution in [0.25, 0.3) is 12.2 Å². The number of hydrogen-bond donors (Lipinski definition) is 2. The minimum atomic E-state index is -3.84. The molecule has 242 valence electrons. The van der Waals surface area contributed by atoms with Gasteiger partial charge in [-0.25, -0.2) is 13.1 Å². The van der Waals surface area contributed by atoms with Crippen molar-refractivity contribution >= 4 is 50.4 Å². The molecule has 0 spiro atoms. The first-order valence-electron chi connectivity index (χ1n) is 14.8. The number of carbonyl (C=O) groups excluding carboxylic acids is 2. The summed E-state index contributed by atoms with van der Waals surface area (Å²) in [5.74, 6) is 0.0116. The Kier molecular flexibility index (Phi) is 11.4. The molecular weight excluding hydrogens is 627 g/mol. The number of sulfonamides is 1. The number of carbonyl (C=O) groups is 2. The average Bonchev–Trinajstić information content (AvgIpc) is 3.37. The summed E-state index contributed by atoms with van der Waals surface area (Å²) in [6, 6.07) is 15.9. The number of nitrogens with zero attached hydrogens (tertiary/aromatic N) is 1. The van der Waals surface area contributed by atoms with Gasteiger partial charge in [-0.2, -0.15) is 5.26 Å². The van der Waals surface area contributed by atoms with Gasteiger partial charge < -0.3 is 19.5 Å². The zero-order valence-electron chi connectivity index (χ0n) is 26.2. The van der Waals surface area contributed by atoms with Gasteiger partial charge in [0, 0.05) is 22.4 Å². The number of benzene rings is 2. The first kappa shape index (κ1) is 34.4. The second kappa shape index (κ2) is 15.2. The largest absolute Gasteiger partial charge is 0.494 e. The molecule has 2 N–H and O–H groups in total. The van der Waals surface area contributed by atoms with Crippen LogP contribution in [-0.2, 0) is 29.8 Å². The van der Waals surface area contributed by atoms with Crippen molar-refractivity contribution in [2.45, 2.75) is 50.8 Å². The van der Waals surface area contributed by atoms with Crippen molar-refractivity contribution in [3.05, 3.63) is 81.7 Å². The molecule has 0 saturated heterocycles. The number of thiophene rings is 1. The Bertz CT molecular complexity index is 1770. The van der Waals surface area contributed by atoms with Gasteiger partial charge >= 0.3 is 5.97 Å². The zero-order chi connectivity index (χ0) is 33.3. The summed E-state index contributed by atoms with van der Waals surface area (Å²) in [6.07, 6.45) is 6.50. The number of rotatable bonds is 14. The van der Waals surface area contributed by atoms with E-state index in [4.69, 9.17) is 14.2 Å². The SMILES string of the molecule is CCOc1ccc(/C=C/C2=Cc3c(sc(NC(=O)COC(=O)CCNS(=O)(=O)c4ccc(OCC)cc4)c3C#N)C(C)(C)C2)cc1. The lowest BCUT2D eigenvalue weighted by Crippen LogP contribution is -2.28. The van der Waals surface area contributed by atoms with Crippen LogP contribution in [-0.4, -0.2) is 46.7 Å². The molecule has 0 aliphatic heterocycles. The van der Waals surface area contributed by atoms with E-state index < -0.39 is 28.5 Å². The minimum Gasteiger partial charge on any atom is -0.494 e. The Morgan fingerprint density at radius 2 is 1.63 bits per heavy atom. The molecule has 3 aromatic rings. The van der Waals surface area contributed by atoms with E-state index in [0.29, 0.717) is 29.5 Å². The highest BCUT2D eigenvalue weighted by Gasteiger charge is 2.33. The lowest BCUT2D eigenvalue weighted by molar-refractivity contribution is -0.147. The van der Waals surface area contributed by atoms with Crippen molar-refractivity contribution in [3.63, 3.8) is 0 Å². The summed E-state index contributed by atoms with van der Waals surface area (Å²) < 4.78 is 43.2. The molecule has 10 nitrogen and oxygen atoms in total. The second-order valence-electron chi connectivity index (χ2n) is 11.0. The summed E-state index contributed by atoms with van der Waals surface area (Å²) in [5, 5.41) is 13.1. The molecule has 1 aliphatic rings. The molecule has 1 heterocycles. The summed E-state index contributed by atoms with van der Waals surface area (Å²) in [7, 11) is -3.84. The highest BCUT2D eigenvalue weighted by Crippen LogP contribution is 2.47. The van der Waals surface area contributed by atoms with E-state index in [1.54, 1.807) is 12.1 Å². The van der Waals surface area contributed by atoms with E-state index in [9.17, 15) is 23.3 Å². The van der Waals surface area contributed by atoms with Gasteiger partial charge in [-0.15, -0.1) is 11.3 Å². The lowest BCUT2D eigenvalue weighted by atomic mass is 9.77. The number of amides is 1. The van der Waals surface area contributed by atoms with Crippen LogP contribution in [0.5, 0.6) is 11.5 Å². The maximum atomic E-state index is 12.7. The van der Waals surface area contributed by atoms with Crippen LogP contribution >= 0.6 is 11.3 Å². The molecule has 0 bridgehead atoms. The normalized spacial score (nSPS) is 13.8. The topological polar surface area (TPSA) is 144 Å². The Morgan fingerprint density at radius 1 is 1.00 bits per heavy atom. The van der Waals surface area contributed by atoms with Crippen LogP contribution in [0.4, 0.5) is 5.00 Å². The fourth-order valence-corrected chi connectivity index (χ4v) is 7.17. The molecule has 0 atom stereocenters. The Labute approximate surface area is 273 Å². The number of esters is 1. The van der Waals surface area contributed by atoms with Gasteiger partial charge in [0.15, 0.2) is 6.61 Å². The molecule has 12 heteroatoms. The van der Waals surface area contributed by atoms with Crippen molar-refractivity contribution in [1.82, 2.24) is 4.72 Å². The van der Waals surface area contributed by atoms with Crippen molar-refractivity contribution in [2.24, 2.45) is 0 Å². The highest BCUT2D eigenvalue weighted by atomic mass is 32.2. The molecule has 1 aromatic heterocycles. The Balaban J connectivity index is 1.33. The molecule has 1 aliphatic carbocycles. The Hall–Kier alpha value is -4.44. The molecule has 0 radical (unpaired) electrons. The van der Waals surface area contributed by atoms with Crippen LogP contribution in [0.3, 0.4) is 0 Å². The smallest absolute Gasteiger partial charge is 0.307 e. The molecule has 2 aromatic carbocycles. The maximum absolute atomic E-state index is 12.7. The van der Waals surface area contributed by atoms with Crippen molar-refractivity contribution in [3.8, 4) is 17.6 Å². The number of hydrogen-bond acceptors (Lipinski definition) is 9. The number of anilines is 1. The summed E-state index contributed by atoms with van der Waals surface area (Å²) in [4.78, 5) is 25.9. The number of nitriles is 1. The number of fused-ring (bicyclic) bond motifs is 1. The van der Waals surface area contributed by atoms with E-state index >= 15 is 0 Å². The van der Waals surface area contributed by atoms with Gasteiger partial charge in [0.05, 0.1) is 30.1 Å². The quantitative estimate of drug-likeness (QED) is 0.199. The molecule has 0 unspecified atom stereocenters. The number of allylic oxidation sites excluding steroid dienone is 2. The predicted molar refractivity (Wildman–Crippen MR) is 178 cm³/mol. The van der Waals surface area contributed by atoms with E-state index in [0.717, 1.165) is 33.7 Å². The summed E-state index contributed by atoms with van der Waals surface area (Å²) in [6.45, 7) is 8.24. The average molecular weight is 664 g/mol. The molecule has 1 amide bonds. The summed E-state index contributed by atoms with van der Waals surface area (Å²) in [5.41, 5.74) is 2.90. The van der Waals surface area contributed by atoms with Gasteiger partial charge in [0.25, 0.3) is 5.91 Å². The van der Waals surface area contributed by atoms with Crippen molar-refractivity contribution < 1.29 is 32.2 Å². The molecule has 0 saturated carbocycles. The highest BCUT2D eigenvalue weighted by molar-refractivity contribution is 7.89. The zero-order valence-corrected chi connectivity index (χ0v) is 27.8. The van der Waals surface area contributed by atoms with Crippen LogP contribution < -0.4 is 19.5 Å². The standard InChI is InChI=1S/C34H37N3O7S2/c1-5-42-25-11-9-23(10-12-25)7-8-24-19-28-29(21-35)33(45-32(28)34(3,4)20-24)37-30(38)22-44-31(39)17-18-36-46(40,41)27-15-13-26(14-16-27)43-6-2/h7-16,19,36H,5-6,17-18,20,22H2,1-4H3,(H,37,38)/b8-7+. The molecule has 46 heavy (non-hydrogen) atoms. The third kappa shape index (κ3) is 8.84. The molecular formula is C34H37N3O7S2.